The zero-order valence-corrected chi connectivity index (χ0v) is 25.8. The Balaban J connectivity index is 0.000000164. The van der Waals surface area contributed by atoms with Crippen molar-refractivity contribution in [3.63, 3.8) is 0 Å². The van der Waals surface area contributed by atoms with E-state index >= 15 is 0 Å². The van der Waals surface area contributed by atoms with Gasteiger partial charge in [-0.3, -0.25) is 0 Å². The first-order valence-electron chi connectivity index (χ1n) is 13.5. The van der Waals surface area contributed by atoms with E-state index in [-0.39, 0.29) is 20.1 Å². The predicted molar refractivity (Wildman–Crippen MR) is 166 cm³/mol. The van der Waals surface area contributed by atoms with Gasteiger partial charge in [0.2, 0.25) is 0 Å². The summed E-state index contributed by atoms with van der Waals surface area (Å²) in [5.74, 6) is 0. The van der Waals surface area contributed by atoms with Crippen molar-refractivity contribution in [1.29, 1.82) is 0 Å². The summed E-state index contributed by atoms with van der Waals surface area (Å²) in [5.41, 5.74) is 10.6. The summed E-state index contributed by atoms with van der Waals surface area (Å²) in [6.07, 6.45) is 6.05. The Kier molecular flexibility index (Phi) is 7.02. The summed E-state index contributed by atoms with van der Waals surface area (Å²) < 4.78 is 2.40. The van der Waals surface area contributed by atoms with Crippen molar-refractivity contribution >= 4 is 43.8 Å². The number of hydrogen-bond acceptors (Lipinski definition) is 3. The molecule has 0 saturated heterocycles. The molecular formula is C36H29IrN4. The maximum atomic E-state index is 4.41. The fraction of sp³-hybridized carbons (Fsp3) is 0.111. The molecule has 41 heavy (non-hydrogen) atoms. The topological polar surface area (TPSA) is 23.8 Å². The molecule has 1 aliphatic heterocycles. The van der Waals surface area contributed by atoms with Crippen LogP contribution < -0.4 is 4.90 Å². The number of rotatable bonds is 2. The Labute approximate surface area is 254 Å². The largest absolute Gasteiger partial charge is 3.00 e. The van der Waals surface area contributed by atoms with Gasteiger partial charge in [-0.2, -0.15) is 24.9 Å². The molecule has 5 heteroatoms. The molecule has 0 radical (unpaired) electrons. The van der Waals surface area contributed by atoms with Crippen LogP contribution in [0.4, 0.5) is 5.69 Å². The van der Waals surface area contributed by atoms with Crippen LogP contribution in [0.2, 0.25) is 0 Å². The van der Waals surface area contributed by atoms with E-state index in [4.69, 9.17) is 0 Å². The van der Waals surface area contributed by atoms with E-state index in [0.717, 1.165) is 16.9 Å². The second-order valence-corrected chi connectivity index (χ2v) is 10.6. The normalized spacial score (nSPS) is 12.9. The van der Waals surface area contributed by atoms with E-state index in [1.807, 2.05) is 25.4 Å². The molecule has 0 aliphatic carbocycles. The van der Waals surface area contributed by atoms with Crippen LogP contribution in [0, 0.1) is 39.6 Å². The molecule has 8 rings (SSSR count). The summed E-state index contributed by atoms with van der Waals surface area (Å²) in [4.78, 5) is 8.61. The summed E-state index contributed by atoms with van der Waals surface area (Å²) in [5, 5.41) is 5.19. The molecule has 0 N–H and O–H groups in total. The minimum Gasteiger partial charge on any atom is -0.510 e. The Morgan fingerprint density at radius 2 is 1.51 bits per heavy atom. The summed E-state index contributed by atoms with van der Waals surface area (Å²) in [7, 11) is 2.04. The van der Waals surface area contributed by atoms with Gasteiger partial charge in [0.05, 0.1) is 0 Å². The van der Waals surface area contributed by atoms with Crippen molar-refractivity contribution < 1.29 is 20.1 Å². The fourth-order valence-electron chi connectivity index (χ4n) is 5.60. The van der Waals surface area contributed by atoms with Gasteiger partial charge in [-0.15, -0.1) is 40.8 Å². The van der Waals surface area contributed by atoms with E-state index in [2.05, 4.69) is 138 Å². The molecule has 0 saturated carbocycles. The first-order valence-corrected chi connectivity index (χ1v) is 13.5. The SMILES string of the molecule is CN1C=CN(c2[c-]ccc3c4cccc5c6ccccc6n(c23)c54)[CH-]1.Cc1c[c-]c(-c2cc(C)c(C)cn2)cc1.[Ir+3]. The monoisotopic (exact) mass is 710 g/mol. The van der Waals surface area contributed by atoms with Crippen molar-refractivity contribution in [2.75, 3.05) is 11.9 Å². The van der Waals surface area contributed by atoms with Crippen LogP contribution in [0.1, 0.15) is 16.7 Å². The second kappa shape index (κ2) is 10.7. The van der Waals surface area contributed by atoms with E-state index in [9.17, 15) is 0 Å². The quantitative estimate of drug-likeness (QED) is 0.169. The molecule has 1 aliphatic rings. The van der Waals surface area contributed by atoms with Gasteiger partial charge in [-0.1, -0.05) is 60.6 Å². The molecule has 4 heterocycles. The molecule has 3 aromatic heterocycles. The number of anilines is 1. The van der Waals surface area contributed by atoms with Crippen LogP contribution >= 0.6 is 0 Å². The van der Waals surface area contributed by atoms with E-state index in [0.29, 0.717) is 0 Å². The maximum Gasteiger partial charge on any atom is 3.00 e. The number of aryl methyl sites for hydroxylation is 3. The van der Waals surface area contributed by atoms with Crippen molar-refractivity contribution in [3.8, 4) is 11.3 Å². The number of hydrogen-bond donors (Lipinski definition) is 0. The molecule has 0 bridgehead atoms. The number of para-hydroxylation sites is 2. The number of benzene rings is 4. The molecule has 0 atom stereocenters. The molecule has 7 aromatic rings. The van der Waals surface area contributed by atoms with Crippen LogP contribution in [0.25, 0.3) is 49.4 Å². The molecule has 4 nitrogen and oxygen atoms in total. The Morgan fingerprint density at radius 3 is 2.24 bits per heavy atom. The smallest absolute Gasteiger partial charge is 0.510 e. The molecule has 202 valence electrons. The zero-order valence-electron chi connectivity index (χ0n) is 23.4. The molecule has 0 amide bonds. The van der Waals surface area contributed by atoms with Crippen molar-refractivity contribution in [2.24, 2.45) is 0 Å². The van der Waals surface area contributed by atoms with Crippen molar-refractivity contribution in [2.45, 2.75) is 20.8 Å². The van der Waals surface area contributed by atoms with Crippen molar-refractivity contribution in [3.05, 3.63) is 133 Å². The number of aromatic nitrogens is 2. The zero-order chi connectivity index (χ0) is 27.4. The van der Waals surface area contributed by atoms with Gasteiger partial charge >= 0.3 is 20.1 Å². The summed E-state index contributed by atoms with van der Waals surface area (Å²) in [6.45, 7) is 8.33. The molecule has 0 spiro atoms. The average Bonchev–Trinajstić information content (AvgIpc) is 3.66. The Morgan fingerprint density at radius 1 is 0.756 bits per heavy atom. The minimum atomic E-state index is 0. The predicted octanol–water partition coefficient (Wildman–Crippen LogP) is 8.45. The van der Waals surface area contributed by atoms with Crippen molar-refractivity contribution in [1.82, 2.24) is 14.3 Å². The van der Waals surface area contributed by atoms with Gasteiger partial charge in [0.25, 0.3) is 0 Å². The van der Waals surface area contributed by atoms with Gasteiger partial charge in [0.15, 0.2) is 0 Å². The van der Waals surface area contributed by atoms with Crippen LogP contribution in [0.15, 0.2) is 97.5 Å². The average molecular weight is 710 g/mol. The van der Waals surface area contributed by atoms with Gasteiger partial charge in [-0.05, 0) is 61.5 Å². The second-order valence-electron chi connectivity index (χ2n) is 10.6. The number of nitrogens with zero attached hydrogens (tertiary/aromatic N) is 4. The third-order valence-electron chi connectivity index (χ3n) is 7.80. The molecule has 4 aromatic carbocycles. The van der Waals surface area contributed by atoms with E-state index in [1.165, 1.54) is 54.8 Å². The third kappa shape index (κ3) is 4.56. The molecule has 0 unspecified atom stereocenters. The third-order valence-corrected chi connectivity index (χ3v) is 7.80. The standard InChI is InChI=1S/C22H15N3.C14H14N.Ir/c1-23-12-13-24(14-23)20-11-5-9-18-17-8-4-7-16-15-6-2-3-10-19(15)25(21(16)17)22(18)20;1-10-4-6-13(7-5-10)14-8-11(2)12(3)9-15-14;/h2-10,12-14H,1H3;4-6,8-9H,1-3H3;/q-2;-1;+3. The Hall–Kier alpha value is -4.18. The minimum absolute atomic E-state index is 0. The Bertz CT molecular complexity index is 2040. The number of fused-ring (bicyclic) bond motifs is 6. The fourth-order valence-corrected chi connectivity index (χ4v) is 5.60. The van der Waals surface area contributed by atoms with E-state index < -0.39 is 0 Å². The summed E-state index contributed by atoms with van der Waals surface area (Å²) in [6, 6.07) is 34.4. The van der Waals surface area contributed by atoms with Crippen LogP contribution in [-0.2, 0) is 20.1 Å². The van der Waals surface area contributed by atoms with Gasteiger partial charge in [0.1, 0.15) is 0 Å². The van der Waals surface area contributed by atoms with Crippen LogP contribution in [0.5, 0.6) is 0 Å². The molecular weight excluding hydrogens is 681 g/mol. The van der Waals surface area contributed by atoms with Gasteiger partial charge in [0, 0.05) is 28.0 Å². The maximum absolute atomic E-state index is 4.41. The van der Waals surface area contributed by atoms with E-state index in [1.54, 1.807) is 0 Å². The van der Waals surface area contributed by atoms with Crippen LogP contribution in [-0.4, -0.2) is 21.3 Å². The first kappa shape index (κ1) is 27.0. The first-order chi connectivity index (χ1) is 19.5. The molecule has 0 fully saturated rings. The van der Waals surface area contributed by atoms with Gasteiger partial charge < -0.3 is 19.2 Å². The number of pyridine rings is 1. The van der Waals surface area contributed by atoms with Crippen LogP contribution in [0.3, 0.4) is 0 Å². The van der Waals surface area contributed by atoms with Gasteiger partial charge in [-0.25, -0.2) is 0 Å². The summed E-state index contributed by atoms with van der Waals surface area (Å²) >= 11 is 0.